The van der Waals surface area contributed by atoms with Crippen LogP contribution in [0.1, 0.15) is 17.3 Å². The first-order valence-corrected chi connectivity index (χ1v) is 6.28. The molecule has 23 heavy (non-hydrogen) atoms. The minimum atomic E-state index is -2.33. The van der Waals surface area contributed by atoms with Crippen molar-refractivity contribution >= 4 is 5.97 Å². The van der Waals surface area contributed by atoms with E-state index in [1.165, 1.54) is 6.92 Å². The molecule has 0 heterocycles. The normalized spacial score (nSPS) is 10.7. The van der Waals surface area contributed by atoms with Crippen molar-refractivity contribution in [2.75, 3.05) is 6.61 Å². The van der Waals surface area contributed by atoms with Gasteiger partial charge in [-0.3, -0.25) is 0 Å². The molecule has 0 aliphatic carbocycles. The second kappa shape index (κ2) is 6.31. The minimum Gasteiger partial charge on any atom is -0.462 e. The van der Waals surface area contributed by atoms with Crippen LogP contribution in [0.2, 0.25) is 0 Å². The van der Waals surface area contributed by atoms with E-state index in [2.05, 4.69) is 4.74 Å². The number of benzene rings is 2. The molecule has 0 bridgehead atoms. The molecule has 0 amide bonds. The summed E-state index contributed by atoms with van der Waals surface area (Å²) in [6, 6.07) is 2.04. The maximum absolute atomic E-state index is 13.9. The Hall–Kier alpha value is -2.51. The highest BCUT2D eigenvalue weighted by atomic mass is 19.2. The standard InChI is InChI=1S/C15H8F6O2/c1-2-23-15(22)8-5-6(16)3-4-7(8)9-10(17)12(19)14(21)13(20)11(9)18/h3-5H,2H2,1H3. The van der Waals surface area contributed by atoms with E-state index >= 15 is 0 Å². The van der Waals surface area contributed by atoms with Gasteiger partial charge < -0.3 is 4.74 Å². The predicted octanol–water partition coefficient (Wildman–Crippen LogP) is 4.36. The van der Waals surface area contributed by atoms with E-state index in [0.717, 1.165) is 12.1 Å². The molecule has 0 N–H and O–H groups in total. The molecule has 0 spiro atoms. The highest BCUT2D eigenvalue weighted by Gasteiger charge is 2.29. The smallest absolute Gasteiger partial charge is 0.338 e. The number of hydrogen-bond donors (Lipinski definition) is 0. The van der Waals surface area contributed by atoms with Gasteiger partial charge in [-0.2, -0.15) is 0 Å². The predicted molar refractivity (Wildman–Crippen MR) is 67.6 cm³/mol. The van der Waals surface area contributed by atoms with Crippen molar-refractivity contribution in [2.45, 2.75) is 6.92 Å². The number of halogens is 6. The Labute approximate surface area is 126 Å². The van der Waals surface area contributed by atoms with Crippen molar-refractivity contribution in [3.05, 3.63) is 58.7 Å². The summed E-state index contributed by atoms with van der Waals surface area (Å²) in [4.78, 5) is 11.8. The molecule has 0 unspecified atom stereocenters. The highest BCUT2D eigenvalue weighted by molar-refractivity contribution is 5.97. The van der Waals surface area contributed by atoms with Crippen LogP contribution in [-0.2, 0) is 4.74 Å². The first-order chi connectivity index (χ1) is 10.8. The fourth-order valence-corrected chi connectivity index (χ4v) is 1.95. The van der Waals surface area contributed by atoms with Crippen molar-refractivity contribution in [1.29, 1.82) is 0 Å². The number of carbonyl (C=O) groups excluding carboxylic acids is 1. The van der Waals surface area contributed by atoms with Gasteiger partial charge in [0.1, 0.15) is 5.82 Å². The summed E-state index contributed by atoms with van der Waals surface area (Å²) < 4.78 is 85.3. The molecule has 0 aromatic heterocycles. The second-order valence-electron chi connectivity index (χ2n) is 4.36. The quantitative estimate of drug-likeness (QED) is 0.361. The van der Waals surface area contributed by atoms with Crippen LogP contribution in [0.5, 0.6) is 0 Å². The van der Waals surface area contributed by atoms with Crippen LogP contribution in [0.3, 0.4) is 0 Å². The topological polar surface area (TPSA) is 26.3 Å². The van der Waals surface area contributed by atoms with Gasteiger partial charge in [-0.05, 0) is 19.1 Å². The molecular formula is C15H8F6O2. The second-order valence-corrected chi connectivity index (χ2v) is 4.36. The third-order valence-electron chi connectivity index (χ3n) is 2.96. The molecule has 0 fully saturated rings. The van der Waals surface area contributed by atoms with Gasteiger partial charge in [-0.1, -0.05) is 6.07 Å². The number of esters is 1. The van der Waals surface area contributed by atoms with E-state index in [1.54, 1.807) is 0 Å². The maximum atomic E-state index is 13.9. The monoisotopic (exact) mass is 334 g/mol. The molecule has 2 aromatic rings. The summed E-state index contributed by atoms with van der Waals surface area (Å²) in [5.41, 5.74) is -2.66. The minimum absolute atomic E-state index is 0.133. The van der Waals surface area contributed by atoms with E-state index in [4.69, 9.17) is 0 Å². The maximum Gasteiger partial charge on any atom is 0.338 e. The lowest BCUT2D eigenvalue weighted by Crippen LogP contribution is -2.10. The Bertz CT molecular complexity index is 759. The van der Waals surface area contributed by atoms with Gasteiger partial charge >= 0.3 is 5.97 Å². The molecule has 0 atom stereocenters. The molecule has 8 heteroatoms. The summed E-state index contributed by atoms with van der Waals surface area (Å²) in [5.74, 6) is -13.0. The Morgan fingerprint density at radius 3 is 1.96 bits per heavy atom. The fourth-order valence-electron chi connectivity index (χ4n) is 1.95. The number of rotatable bonds is 3. The van der Waals surface area contributed by atoms with E-state index in [0.29, 0.717) is 6.07 Å². The van der Waals surface area contributed by atoms with Crippen molar-refractivity contribution in [3.8, 4) is 11.1 Å². The molecule has 0 saturated carbocycles. The average molecular weight is 334 g/mol. The summed E-state index contributed by atoms with van der Waals surface area (Å²) in [5, 5.41) is 0. The SMILES string of the molecule is CCOC(=O)c1cc(F)ccc1-c1c(F)c(F)c(F)c(F)c1F. The zero-order valence-electron chi connectivity index (χ0n) is 11.5. The van der Waals surface area contributed by atoms with Crippen molar-refractivity contribution in [1.82, 2.24) is 0 Å². The van der Waals surface area contributed by atoms with Crippen molar-refractivity contribution < 1.29 is 35.9 Å². The van der Waals surface area contributed by atoms with Gasteiger partial charge in [0.05, 0.1) is 17.7 Å². The zero-order chi connectivity index (χ0) is 17.3. The Morgan fingerprint density at radius 1 is 0.913 bits per heavy atom. The third kappa shape index (κ3) is 2.88. The fraction of sp³-hybridized carbons (Fsp3) is 0.133. The van der Waals surface area contributed by atoms with Crippen LogP contribution in [0.15, 0.2) is 18.2 Å². The van der Waals surface area contributed by atoms with Crippen molar-refractivity contribution in [3.63, 3.8) is 0 Å². The van der Waals surface area contributed by atoms with Crippen molar-refractivity contribution in [2.24, 2.45) is 0 Å². The van der Waals surface area contributed by atoms with Crippen LogP contribution < -0.4 is 0 Å². The van der Waals surface area contributed by atoms with E-state index < -0.39 is 57.6 Å². The van der Waals surface area contributed by atoms with Gasteiger partial charge in [-0.15, -0.1) is 0 Å². The zero-order valence-corrected chi connectivity index (χ0v) is 11.5. The van der Waals surface area contributed by atoms with Crippen LogP contribution in [0.4, 0.5) is 26.3 Å². The summed E-state index contributed by atoms with van der Waals surface area (Å²) in [6.07, 6.45) is 0. The molecular weight excluding hydrogens is 326 g/mol. The molecule has 2 aromatic carbocycles. The molecule has 122 valence electrons. The van der Waals surface area contributed by atoms with Gasteiger partial charge in [0.25, 0.3) is 0 Å². The summed E-state index contributed by atoms with van der Waals surface area (Å²) >= 11 is 0. The third-order valence-corrected chi connectivity index (χ3v) is 2.96. The van der Waals surface area contributed by atoms with Crippen LogP contribution in [0.25, 0.3) is 11.1 Å². The lowest BCUT2D eigenvalue weighted by Gasteiger charge is -2.12. The lowest BCUT2D eigenvalue weighted by atomic mass is 9.97. The molecule has 0 radical (unpaired) electrons. The van der Waals surface area contributed by atoms with Gasteiger partial charge in [0.2, 0.25) is 5.82 Å². The van der Waals surface area contributed by atoms with Crippen LogP contribution in [0, 0.1) is 34.9 Å². The lowest BCUT2D eigenvalue weighted by molar-refractivity contribution is 0.0526. The van der Waals surface area contributed by atoms with Crippen LogP contribution in [-0.4, -0.2) is 12.6 Å². The largest absolute Gasteiger partial charge is 0.462 e. The van der Waals surface area contributed by atoms with Crippen LogP contribution >= 0.6 is 0 Å². The first kappa shape index (κ1) is 16.9. The number of ether oxygens (including phenoxy) is 1. The van der Waals surface area contributed by atoms with Gasteiger partial charge in [0, 0.05) is 5.56 Å². The van der Waals surface area contributed by atoms with E-state index in [-0.39, 0.29) is 6.61 Å². The average Bonchev–Trinajstić information content (AvgIpc) is 2.52. The van der Waals surface area contributed by atoms with Gasteiger partial charge in [0.15, 0.2) is 23.3 Å². The molecule has 0 aliphatic heterocycles. The Morgan fingerprint density at radius 2 is 1.43 bits per heavy atom. The van der Waals surface area contributed by atoms with E-state index in [9.17, 15) is 31.1 Å². The molecule has 2 nitrogen and oxygen atoms in total. The summed E-state index contributed by atoms with van der Waals surface area (Å²) in [6.45, 7) is 1.29. The number of carbonyl (C=O) groups is 1. The molecule has 0 aliphatic rings. The summed E-state index contributed by atoms with van der Waals surface area (Å²) in [7, 11) is 0. The Balaban J connectivity index is 2.80. The molecule has 0 saturated heterocycles. The number of hydrogen-bond acceptors (Lipinski definition) is 2. The molecule has 2 rings (SSSR count). The highest BCUT2D eigenvalue weighted by Crippen LogP contribution is 2.34. The first-order valence-electron chi connectivity index (χ1n) is 6.28. The van der Waals surface area contributed by atoms with E-state index in [1.807, 2.05) is 0 Å². The Kier molecular flexibility index (Phi) is 4.63. The van der Waals surface area contributed by atoms with Gasteiger partial charge in [-0.25, -0.2) is 31.1 Å².